The summed E-state index contributed by atoms with van der Waals surface area (Å²) in [6, 6.07) is 13.1. The maximum Gasteiger partial charge on any atom is 0.229 e. The lowest BCUT2D eigenvalue weighted by Crippen LogP contribution is -2.50. The maximum atomic E-state index is 11.7. The third-order valence-electron chi connectivity index (χ3n) is 6.45. The summed E-state index contributed by atoms with van der Waals surface area (Å²) in [4.78, 5) is 2.40. The van der Waals surface area contributed by atoms with E-state index >= 15 is 0 Å². The number of nitrogens with zero attached hydrogens (tertiary/aromatic N) is 2. The fourth-order valence-electron chi connectivity index (χ4n) is 4.74. The predicted molar refractivity (Wildman–Crippen MR) is 125 cm³/mol. The van der Waals surface area contributed by atoms with E-state index in [2.05, 4.69) is 15.7 Å². The van der Waals surface area contributed by atoms with Crippen LogP contribution in [0.3, 0.4) is 0 Å². The van der Waals surface area contributed by atoms with Crippen LogP contribution in [0.4, 0.5) is 5.69 Å². The van der Waals surface area contributed by atoms with Gasteiger partial charge in [0.15, 0.2) is 5.75 Å². The minimum absolute atomic E-state index is 0.287. The van der Waals surface area contributed by atoms with E-state index in [9.17, 15) is 13.5 Å². The normalized spacial score (nSPS) is 19.9. The number of nitriles is 1. The van der Waals surface area contributed by atoms with Crippen LogP contribution in [0.25, 0.3) is 0 Å². The summed E-state index contributed by atoms with van der Waals surface area (Å²) in [7, 11) is -2.04. The average molecular weight is 472 g/mol. The highest BCUT2D eigenvalue weighted by atomic mass is 32.2. The van der Waals surface area contributed by atoms with Gasteiger partial charge >= 0.3 is 0 Å². The van der Waals surface area contributed by atoms with Gasteiger partial charge in [0.1, 0.15) is 11.4 Å². The van der Waals surface area contributed by atoms with Crippen molar-refractivity contribution in [2.75, 3.05) is 37.7 Å². The number of anilines is 1. The fourth-order valence-corrected chi connectivity index (χ4v) is 5.30. The van der Waals surface area contributed by atoms with Crippen molar-refractivity contribution in [2.45, 2.75) is 37.4 Å². The van der Waals surface area contributed by atoms with Gasteiger partial charge in [0.2, 0.25) is 10.0 Å². The molecule has 0 unspecified atom stereocenters. The molecule has 1 spiro atoms. The molecule has 1 saturated heterocycles. The van der Waals surface area contributed by atoms with Crippen LogP contribution < -0.4 is 14.2 Å². The molecule has 4 rings (SSSR count). The number of aliphatic hydroxyl groups excluding tert-OH is 1. The number of methoxy groups -OCH3 is 1. The second kappa shape index (κ2) is 9.21. The number of benzene rings is 2. The van der Waals surface area contributed by atoms with Crippen molar-refractivity contribution >= 4 is 15.7 Å². The molecular weight excluding hydrogens is 442 g/mol. The van der Waals surface area contributed by atoms with Crippen molar-refractivity contribution in [2.24, 2.45) is 0 Å². The minimum Gasteiger partial charge on any atom is -0.494 e. The van der Waals surface area contributed by atoms with E-state index in [1.807, 2.05) is 24.3 Å². The molecule has 33 heavy (non-hydrogen) atoms. The number of nitrogens with one attached hydrogen (secondary N) is 1. The molecule has 2 aromatic carbocycles. The highest BCUT2D eigenvalue weighted by Gasteiger charge is 2.44. The smallest absolute Gasteiger partial charge is 0.229 e. The molecule has 2 aliphatic heterocycles. The number of aliphatic hydroxyl groups is 1. The first-order chi connectivity index (χ1) is 15.7. The Bertz CT molecular complexity index is 1150. The van der Waals surface area contributed by atoms with E-state index in [4.69, 9.17) is 14.7 Å². The summed E-state index contributed by atoms with van der Waals surface area (Å²) in [5.74, 6) is 0.829. The van der Waals surface area contributed by atoms with Gasteiger partial charge in [-0.25, -0.2) is 8.42 Å². The summed E-state index contributed by atoms with van der Waals surface area (Å²) < 4.78 is 37.7. The Morgan fingerprint density at radius 1 is 1.24 bits per heavy atom. The van der Waals surface area contributed by atoms with Crippen molar-refractivity contribution in [3.63, 3.8) is 0 Å². The lowest BCUT2D eigenvalue weighted by Gasteiger charge is -2.46. The molecule has 0 saturated carbocycles. The number of hydrogen-bond acceptors (Lipinski definition) is 7. The number of likely N-dealkylation sites (tertiary alicyclic amines) is 1. The molecule has 8 nitrogen and oxygen atoms in total. The zero-order valence-corrected chi connectivity index (χ0v) is 19.7. The molecule has 0 aliphatic carbocycles. The maximum absolute atomic E-state index is 11.7. The molecular formula is C24H29N3O5S. The number of rotatable bonds is 6. The Kier molecular flexibility index (Phi) is 6.52. The third-order valence-corrected chi connectivity index (χ3v) is 7.04. The van der Waals surface area contributed by atoms with Crippen LogP contribution in [0.2, 0.25) is 0 Å². The van der Waals surface area contributed by atoms with E-state index in [0.717, 1.165) is 45.2 Å². The largest absolute Gasteiger partial charge is 0.494 e. The van der Waals surface area contributed by atoms with Crippen LogP contribution in [0.1, 0.15) is 42.1 Å². The predicted octanol–water partition coefficient (Wildman–Crippen LogP) is 2.83. The number of sulfonamides is 1. The Hall–Kier alpha value is -2.80. The summed E-state index contributed by atoms with van der Waals surface area (Å²) in [6.07, 6.45) is 3.20. The first-order valence-corrected chi connectivity index (χ1v) is 12.9. The highest BCUT2D eigenvalue weighted by Crippen LogP contribution is 2.50. The Labute approximate surface area is 194 Å². The highest BCUT2D eigenvalue weighted by molar-refractivity contribution is 7.92. The summed E-state index contributed by atoms with van der Waals surface area (Å²) >= 11 is 0. The first kappa shape index (κ1) is 23.4. The zero-order chi connectivity index (χ0) is 23.6. The van der Waals surface area contributed by atoms with Gasteiger partial charge in [-0.15, -0.1) is 0 Å². The Balaban J connectivity index is 1.42. The van der Waals surface area contributed by atoms with Crippen LogP contribution >= 0.6 is 0 Å². The number of hydrogen-bond donors (Lipinski definition) is 2. The molecule has 2 N–H and O–H groups in total. The topological polar surface area (TPSA) is 112 Å². The molecule has 0 radical (unpaired) electrons. The molecule has 2 aliphatic rings. The van der Waals surface area contributed by atoms with Crippen molar-refractivity contribution in [3.8, 4) is 17.6 Å². The standard InChI is InChI=1S/C24H29N3O5S/c1-31-23-19(26-33(2,29)30)7-8-21-22(23)20(28)15-24(32-21)10-13-27(14-11-24)12-9-17-3-5-18(16-25)6-4-17/h3-8,20,26,28H,9-15H2,1-2H3/t20-/m0/s1. The number of piperidine rings is 1. The van der Waals surface area contributed by atoms with E-state index < -0.39 is 21.7 Å². The fraction of sp³-hybridized carbons (Fsp3) is 0.458. The van der Waals surface area contributed by atoms with Crippen molar-refractivity contribution < 1.29 is 23.0 Å². The van der Waals surface area contributed by atoms with Gasteiger partial charge in [-0.3, -0.25) is 4.72 Å². The van der Waals surface area contributed by atoms with E-state index in [-0.39, 0.29) is 5.69 Å². The van der Waals surface area contributed by atoms with E-state index in [1.54, 1.807) is 12.1 Å². The Morgan fingerprint density at radius 3 is 2.55 bits per heavy atom. The Morgan fingerprint density at radius 2 is 1.94 bits per heavy atom. The molecule has 0 amide bonds. The summed E-state index contributed by atoms with van der Waals surface area (Å²) in [5, 5.41) is 19.9. The van der Waals surface area contributed by atoms with Crippen molar-refractivity contribution in [3.05, 3.63) is 53.1 Å². The van der Waals surface area contributed by atoms with Gasteiger partial charge in [0.05, 0.1) is 42.4 Å². The average Bonchev–Trinajstić information content (AvgIpc) is 2.78. The van der Waals surface area contributed by atoms with Crippen LogP contribution in [-0.2, 0) is 16.4 Å². The van der Waals surface area contributed by atoms with Crippen LogP contribution in [0, 0.1) is 11.3 Å². The quantitative estimate of drug-likeness (QED) is 0.666. The van der Waals surface area contributed by atoms with Crippen LogP contribution in [0.15, 0.2) is 36.4 Å². The molecule has 2 heterocycles. The van der Waals surface area contributed by atoms with Gasteiger partial charge < -0.3 is 19.5 Å². The lowest BCUT2D eigenvalue weighted by atomic mass is 9.81. The van der Waals surface area contributed by atoms with Gasteiger partial charge in [0.25, 0.3) is 0 Å². The van der Waals surface area contributed by atoms with Gasteiger partial charge in [-0.2, -0.15) is 5.26 Å². The number of fused-ring (bicyclic) bond motifs is 1. The van der Waals surface area contributed by atoms with Crippen LogP contribution in [-0.4, -0.2) is 57.0 Å². The van der Waals surface area contributed by atoms with E-state index in [0.29, 0.717) is 29.0 Å². The third kappa shape index (κ3) is 5.24. The molecule has 9 heteroatoms. The van der Waals surface area contributed by atoms with Gasteiger partial charge in [-0.1, -0.05) is 12.1 Å². The van der Waals surface area contributed by atoms with Crippen LogP contribution in [0.5, 0.6) is 11.5 Å². The van der Waals surface area contributed by atoms with Crippen molar-refractivity contribution in [1.29, 1.82) is 5.26 Å². The summed E-state index contributed by atoms with van der Waals surface area (Å²) in [5.41, 5.74) is 2.20. The number of ether oxygens (including phenoxy) is 2. The molecule has 0 bridgehead atoms. The van der Waals surface area contributed by atoms with Gasteiger partial charge in [0, 0.05) is 26.1 Å². The van der Waals surface area contributed by atoms with Gasteiger partial charge in [-0.05, 0) is 49.1 Å². The monoisotopic (exact) mass is 471 g/mol. The van der Waals surface area contributed by atoms with E-state index in [1.165, 1.54) is 12.7 Å². The molecule has 1 atom stereocenters. The minimum atomic E-state index is -3.49. The van der Waals surface area contributed by atoms with Crippen molar-refractivity contribution in [1.82, 2.24) is 4.90 Å². The second-order valence-corrected chi connectivity index (χ2v) is 10.6. The zero-order valence-electron chi connectivity index (χ0n) is 18.9. The molecule has 176 valence electrons. The molecule has 2 aromatic rings. The first-order valence-electron chi connectivity index (χ1n) is 11.0. The second-order valence-electron chi connectivity index (χ2n) is 8.84. The lowest BCUT2D eigenvalue weighted by molar-refractivity contribution is -0.0543. The summed E-state index contributed by atoms with van der Waals surface area (Å²) in [6.45, 7) is 2.65. The molecule has 0 aromatic heterocycles. The SMILES string of the molecule is COc1c(NS(C)(=O)=O)ccc2c1[C@@H](O)CC1(CCN(CCc3ccc(C#N)cc3)CC1)O2. The molecule has 1 fully saturated rings.